The maximum atomic E-state index is 8.69. The lowest BCUT2D eigenvalue weighted by atomic mass is 10.1. The van der Waals surface area contributed by atoms with E-state index in [4.69, 9.17) is 10.5 Å². The van der Waals surface area contributed by atoms with Crippen LogP contribution in [0.1, 0.15) is 32.6 Å². The van der Waals surface area contributed by atoms with E-state index in [0.717, 1.165) is 19.3 Å². The lowest BCUT2D eigenvalue weighted by molar-refractivity contribution is 0.449. The molecule has 1 saturated carbocycles. The van der Waals surface area contributed by atoms with E-state index in [-0.39, 0.29) is 12.0 Å². The fourth-order valence-electron chi connectivity index (χ4n) is 1.85. The van der Waals surface area contributed by atoms with Crippen molar-refractivity contribution in [3.8, 4) is 12.1 Å². The predicted octanol–water partition coefficient (Wildman–Crippen LogP) is 1.57. The van der Waals surface area contributed by atoms with Crippen molar-refractivity contribution < 1.29 is 0 Å². The first-order valence-corrected chi connectivity index (χ1v) is 4.79. The zero-order valence-corrected chi connectivity index (χ0v) is 7.95. The van der Waals surface area contributed by atoms with Crippen LogP contribution in [-0.2, 0) is 0 Å². The highest BCUT2D eigenvalue weighted by Gasteiger charge is 2.24. The SMILES string of the molecule is CC(CC#N)NC1CCC(C#N)C1. The highest BCUT2D eigenvalue weighted by Crippen LogP contribution is 2.24. The van der Waals surface area contributed by atoms with Gasteiger partial charge in [-0.1, -0.05) is 0 Å². The van der Waals surface area contributed by atoms with Gasteiger partial charge in [0.1, 0.15) is 0 Å². The molecule has 0 aromatic heterocycles. The molecule has 13 heavy (non-hydrogen) atoms. The first-order chi connectivity index (χ1) is 6.26. The Hall–Kier alpha value is -1.06. The molecule has 0 radical (unpaired) electrons. The van der Waals surface area contributed by atoms with Crippen LogP contribution in [0.3, 0.4) is 0 Å². The summed E-state index contributed by atoms with van der Waals surface area (Å²) in [6.07, 6.45) is 3.58. The molecule has 0 heterocycles. The van der Waals surface area contributed by atoms with Crippen LogP contribution in [0.4, 0.5) is 0 Å². The van der Waals surface area contributed by atoms with E-state index in [1.807, 2.05) is 6.92 Å². The number of hydrogen-bond acceptors (Lipinski definition) is 3. The van der Waals surface area contributed by atoms with Gasteiger partial charge in [-0.15, -0.1) is 0 Å². The number of nitrogens with one attached hydrogen (secondary N) is 1. The van der Waals surface area contributed by atoms with Gasteiger partial charge in [0.25, 0.3) is 0 Å². The third kappa shape index (κ3) is 3.05. The fraction of sp³-hybridized carbons (Fsp3) is 0.800. The second-order valence-corrected chi connectivity index (χ2v) is 3.77. The Morgan fingerprint density at radius 3 is 2.77 bits per heavy atom. The van der Waals surface area contributed by atoms with Gasteiger partial charge < -0.3 is 5.32 Å². The first-order valence-electron chi connectivity index (χ1n) is 4.79. The number of nitriles is 2. The zero-order valence-electron chi connectivity index (χ0n) is 7.95. The highest BCUT2D eigenvalue weighted by molar-refractivity contribution is 4.94. The number of nitrogens with zero attached hydrogens (tertiary/aromatic N) is 2. The van der Waals surface area contributed by atoms with E-state index in [2.05, 4.69) is 17.5 Å². The van der Waals surface area contributed by atoms with Gasteiger partial charge in [-0.25, -0.2) is 0 Å². The summed E-state index contributed by atoms with van der Waals surface area (Å²) in [4.78, 5) is 0. The van der Waals surface area contributed by atoms with E-state index in [0.29, 0.717) is 12.5 Å². The third-order valence-electron chi connectivity index (χ3n) is 2.53. The van der Waals surface area contributed by atoms with Gasteiger partial charge >= 0.3 is 0 Å². The predicted molar refractivity (Wildman–Crippen MR) is 49.6 cm³/mol. The number of hydrogen-bond donors (Lipinski definition) is 1. The third-order valence-corrected chi connectivity index (χ3v) is 2.53. The Balaban J connectivity index is 2.25. The molecule has 3 atom stereocenters. The lowest BCUT2D eigenvalue weighted by Gasteiger charge is -2.16. The highest BCUT2D eigenvalue weighted by atomic mass is 14.9. The van der Waals surface area contributed by atoms with E-state index in [1.54, 1.807) is 0 Å². The largest absolute Gasteiger partial charge is 0.310 e. The Kier molecular flexibility index (Phi) is 3.73. The molecule has 0 aromatic carbocycles. The Morgan fingerprint density at radius 2 is 2.23 bits per heavy atom. The standard InChI is InChI=1S/C10H15N3/c1-8(4-5-11)13-10-3-2-9(6-10)7-12/h8-10,13H,2-4,6H2,1H3. The Morgan fingerprint density at radius 1 is 1.46 bits per heavy atom. The molecular weight excluding hydrogens is 162 g/mol. The molecule has 1 fully saturated rings. The van der Waals surface area contributed by atoms with Crippen LogP contribution in [0.5, 0.6) is 0 Å². The van der Waals surface area contributed by atoms with Gasteiger partial charge in [0.15, 0.2) is 0 Å². The van der Waals surface area contributed by atoms with Crippen LogP contribution in [0.15, 0.2) is 0 Å². The first kappa shape index (κ1) is 10.0. The van der Waals surface area contributed by atoms with Crippen molar-refractivity contribution in [1.82, 2.24) is 5.32 Å². The maximum Gasteiger partial charge on any atom is 0.0656 e. The molecule has 1 rings (SSSR count). The molecule has 0 aromatic rings. The zero-order chi connectivity index (χ0) is 9.68. The average molecular weight is 177 g/mol. The Labute approximate surface area is 79.4 Å². The van der Waals surface area contributed by atoms with Crippen molar-refractivity contribution in [2.45, 2.75) is 44.7 Å². The number of rotatable bonds is 3. The summed E-state index contributed by atoms with van der Waals surface area (Å²) in [6, 6.07) is 5.14. The molecule has 3 unspecified atom stereocenters. The topological polar surface area (TPSA) is 59.6 Å². The minimum absolute atomic E-state index is 0.229. The van der Waals surface area contributed by atoms with Gasteiger partial charge in [0.2, 0.25) is 0 Å². The van der Waals surface area contributed by atoms with Gasteiger partial charge in [0, 0.05) is 18.0 Å². The quantitative estimate of drug-likeness (QED) is 0.711. The molecule has 1 N–H and O–H groups in total. The van der Waals surface area contributed by atoms with Crippen molar-refractivity contribution in [2.75, 3.05) is 0 Å². The monoisotopic (exact) mass is 177 g/mol. The van der Waals surface area contributed by atoms with Gasteiger partial charge in [-0.3, -0.25) is 0 Å². The van der Waals surface area contributed by atoms with Crippen molar-refractivity contribution in [3.63, 3.8) is 0 Å². The van der Waals surface area contributed by atoms with E-state index in [1.165, 1.54) is 0 Å². The van der Waals surface area contributed by atoms with Gasteiger partial charge in [0.05, 0.1) is 18.6 Å². The van der Waals surface area contributed by atoms with Crippen LogP contribution in [0, 0.1) is 28.6 Å². The molecular formula is C10H15N3. The van der Waals surface area contributed by atoms with Crippen LogP contribution in [-0.4, -0.2) is 12.1 Å². The van der Waals surface area contributed by atoms with Crippen LogP contribution in [0.2, 0.25) is 0 Å². The summed E-state index contributed by atoms with van der Waals surface area (Å²) in [5.41, 5.74) is 0. The molecule has 0 aliphatic heterocycles. The van der Waals surface area contributed by atoms with Gasteiger partial charge in [-0.05, 0) is 26.2 Å². The molecule has 1 aliphatic carbocycles. The molecule has 70 valence electrons. The van der Waals surface area contributed by atoms with Crippen molar-refractivity contribution >= 4 is 0 Å². The summed E-state index contributed by atoms with van der Waals surface area (Å²) < 4.78 is 0. The summed E-state index contributed by atoms with van der Waals surface area (Å²) >= 11 is 0. The van der Waals surface area contributed by atoms with Crippen LogP contribution >= 0.6 is 0 Å². The average Bonchev–Trinajstić information content (AvgIpc) is 2.52. The lowest BCUT2D eigenvalue weighted by Crippen LogP contribution is -2.34. The van der Waals surface area contributed by atoms with Crippen LogP contribution in [0.25, 0.3) is 0 Å². The molecule has 3 nitrogen and oxygen atoms in total. The second-order valence-electron chi connectivity index (χ2n) is 3.77. The molecule has 0 amide bonds. The van der Waals surface area contributed by atoms with Crippen LogP contribution < -0.4 is 5.32 Å². The molecule has 0 bridgehead atoms. The summed E-state index contributed by atoms with van der Waals surface area (Å²) in [5.74, 6) is 0.229. The van der Waals surface area contributed by atoms with E-state index < -0.39 is 0 Å². The molecule has 0 saturated heterocycles. The normalized spacial score (nSPS) is 29.2. The minimum Gasteiger partial charge on any atom is -0.310 e. The van der Waals surface area contributed by atoms with Crippen molar-refractivity contribution in [1.29, 1.82) is 10.5 Å². The van der Waals surface area contributed by atoms with Crippen molar-refractivity contribution in [2.24, 2.45) is 5.92 Å². The van der Waals surface area contributed by atoms with E-state index >= 15 is 0 Å². The summed E-state index contributed by atoms with van der Waals surface area (Å²) in [7, 11) is 0. The second kappa shape index (κ2) is 4.84. The fourth-order valence-corrected chi connectivity index (χ4v) is 1.85. The van der Waals surface area contributed by atoms with Crippen molar-refractivity contribution in [3.05, 3.63) is 0 Å². The van der Waals surface area contributed by atoms with E-state index in [9.17, 15) is 0 Å². The minimum atomic E-state index is 0.229. The molecule has 1 aliphatic rings. The summed E-state index contributed by atoms with van der Waals surface area (Å²) in [5, 5.41) is 20.5. The Bertz CT molecular complexity index is 236. The van der Waals surface area contributed by atoms with Gasteiger partial charge in [-0.2, -0.15) is 10.5 Å². The molecule has 0 spiro atoms. The maximum absolute atomic E-state index is 8.69. The summed E-state index contributed by atoms with van der Waals surface area (Å²) in [6.45, 7) is 2.02. The molecule has 3 heteroatoms. The smallest absolute Gasteiger partial charge is 0.0656 e.